The van der Waals surface area contributed by atoms with Crippen molar-refractivity contribution in [3.05, 3.63) is 29.8 Å². The zero-order valence-corrected chi connectivity index (χ0v) is 17.3. The minimum absolute atomic E-state index is 0. The lowest BCUT2D eigenvalue weighted by atomic mass is 10.0. The zero-order valence-electron chi connectivity index (χ0n) is 16.5. The fourth-order valence-electron chi connectivity index (χ4n) is 3.37. The second-order valence-electron chi connectivity index (χ2n) is 7.22. The molecule has 28 heavy (non-hydrogen) atoms. The molecule has 0 saturated carbocycles. The molecule has 0 spiro atoms. The van der Waals surface area contributed by atoms with Crippen molar-refractivity contribution in [3.63, 3.8) is 0 Å². The Morgan fingerprint density at radius 1 is 1.36 bits per heavy atom. The van der Waals surface area contributed by atoms with Gasteiger partial charge in [0.15, 0.2) is 0 Å². The second kappa shape index (κ2) is 10.9. The molecule has 5 nitrogen and oxygen atoms in total. The smallest absolute Gasteiger partial charge is 0.406 e. The highest BCUT2D eigenvalue weighted by molar-refractivity contribution is 5.85. The van der Waals surface area contributed by atoms with Crippen molar-refractivity contribution < 1.29 is 22.7 Å². The minimum atomic E-state index is -4.41. The van der Waals surface area contributed by atoms with Crippen molar-refractivity contribution in [3.8, 4) is 5.75 Å². The van der Waals surface area contributed by atoms with Crippen molar-refractivity contribution in [1.29, 1.82) is 0 Å². The molecular formula is C19H29ClF3N3O2. The first-order valence-electron chi connectivity index (χ1n) is 9.13. The number of benzene rings is 1. The van der Waals surface area contributed by atoms with Gasteiger partial charge >= 0.3 is 6.18 Å². The Kier molecular flexibility index (Phi) is 9.53. The number of nitrogens with zero attached hydrogens (tertiary/aromatic N) is 2. The number of nitrogens with one attached hydrogen (secondary N) is 1. The lowest BCUT2D eigenvalue weighted by Gasteiger charge is -2.38. The molecule has 2 rings (SSSR count). The Morgan fingerprint density at radius 3 is 2.64 bits per heavy atom. The topological polar surface area (TPSA) is 44.8 Å². The van der Waals surface area contributed by atoms with Crippen LogP contribution >= 0.6 is 12.4 Å². The first kappa shape index (κ1) is 24.5. The highest BCUT2D eigenvalue weighted by atomic mass is 35.5. The third-order valence-corrected chi connectivity index (χ3v) is 4.50. The summed E-state index contributed by atoms with van der Waals surface area (Å²) >= 11 is 0. The largest absolute Gasteiger partial charge is 0.496 e. The summed E-state index contributed by atoms with van der Waals surface area (Å²) in [4.78, 5) is 15.5. The summed E-state index contributed by atoms with van der Waals surface area (Å²) in [5.41, 5.74) is 0.922. The van der Waals surface area contributed by atoms with Crippen LogP contribution in [0.25, 0.3) is 0 Å². The predicted octanol–water partition coefficient (Wildman–Crippen LogP) is 3.11. The van der Waals surface area contributed by atoms with Gasteiger partial charge in [-0.3, -0.25) is 9.69 Å². The Labute approximate surface area is 170 Å². The van der Waals surface area contributed by atoms with Crippen LogP contribution < -0.4 is 10.1 Å². The van der Waals surface area contributed by atoms with Crippen molar-refractivity contribution in [2.24, 2.45) is 5.92 Å². The van der Waals surface area contributed by atoms with Crippen LogP contribution in [0.15, 0.2) is 24.3 Å². The molecule has 9 heteroatoms. The number of alkyl halides is 3. The van der Waals surface area contributed by atoms with Crippen LogP contribution in [-0.4, -0.2) is 68.3 Å². The normalized spacial score (nSPS) is 17.9. The molecule has 0 radical (unpaired) electrons. The number of carbonyl (C=O) groups is 1. The number of piperazine rings is 1. The summed E-state index contributed by atoms with van der Waals surface area (Å²) in [6.45, 7) is 4.31. The van der Waals surface area contributed by atoms with E-state index >= 15 is 0 Å². The molecule has 1 unspecified atom stereocenters. The lowest BCUT2D eigenvalue weighted by Crippen LogP contribution is -2.51. The molecule has 0 aromatic heterocycles. The minimum Gasteiger partial charge on any atom is -0.496 e. The zero-order chi connectivity index (χ0) is 20.0. The number of hydrogen-bond donors (Lipinski definition) is 1. The number of ether oxygens (including phenoxy) is 1. The molecule has 0 bridgehead atoms. The van der Waals surface area contributed by atoms with E-state index in [0.717, 1.165) is 10.5 Å². The van der Waals surface area contributed by atoms with E-state index in [1.54, 1.807) is 21.0 Å². The van der Waals surface area contributed by atoms with E-state index in [1.165, 1.54) is 0 Å². The van der Waals surface area contributed by atoms with Gasteiger partial charge in [0.2, 0.25) is 5.91 Å². The maximum atomic E-state index is 12.9. The summed E-state index contributed by atoms with van der Waals surface area (Å²) in [5, 5.41) is 3.29. The Bertz CT molecular complexity index is 629. The summed E-state index contributed by atoms with van der Waals surface area (Å²) < 4.78 is 44.1. The summed E-state index contributed by atoms with van der Waals surface area (Å²) in [6.07, 6.45) is -4.41. The summed E-state index contributed by atoms with van der Waals surface area (Å²) in [7, 11) is 1.58. The van der Waals surface area contributed by atoms with Gasteiger partial charge in [-0.25, -0.2) is 0 Å². The van der Waals surface area contributed by atoms with Crippen LogP contribution in [0, 0.1) is 5.92 Å². The van der Waals surface area contributed by atoms with E-state index in [9.17, 15) is 18.0 Å². The summed E-state index contributed by atoms with van der Waals surface area (Å²) in [6, 6.07) is 7.39. The number of carbonyl (C=O) groups excluding carboxylic acids is 1. The molecule has 1 aliphatic rings. The average molecular weight is 424 g/mol. The highest BCUT2D eigenvalue weighted by Gasteiger charge is 2.35. The number of hydrogen-bond acceptors (Lipinski definition) is 4. The second-order valence-corrected chi connectivity index (χ2v) is 7.22. The molecule has 1 atom stereocenters. The first-order valence-corrected chi connectivity index (χ1v) is 9.13. The van der Waals surface area contributed by atoms with Gasteiger partial charge in [0.1, 0.15) is 12.3 Å². The number of amides is 1. The molecule has 1 fully saturated rings. The highest BCUT2D eigenvalue weighted by Crippen LogP contribution is 2.30. The number of methoxy groups -OCH3 is 1. The maximum Gasteiger partial charge on any atom is 0.406 e. The van der Waals surface area contributed by atoms with Gasteiger partial charge in [0.05, 0.1) is 19.7 Å². The van der Waals surface area contributed by atoms with E-state index in [2.05, 4.69) is 5.32 Å². The molecule has 1 saturated heterocycles. The van der Waals surface area contributed by atoms with Gasteiger partial charge in [-0.05, 0) is 12.0 Å². The van der Waals surface area contributed by atoms with Gasteiger partial charge in [0, 0.05) is 31.7 Å². The van der Waals surface area contributed by atoms with Crippen LogP contribution in [0.5, 0.6) is 5.75 Å². The van der Waals surface area contributed by atoms with Crippen molar-refractivity contribution in [1.82, 2.24) is 15.1 Å². The van der Waals surface area contributed by atoms with E-state index < -0.39 is 18.6 Å². The Hall–Kier alpha value is -1.51. The predicted molar refractivity (Wildman–Crippen MR) is 105 cm³/mol. The van der Waals surface area contributed by atoms with Gasteiger partial charge in [-0.15, -0.1) is 12.4 Å². The first-order chi connectivity index (χ1) is 12.7. The molecule has 1 N–H and O–H groups in total. The molecule has 1 heterocycles. The molecule has 1 aromatic rings. The van der Waals surface area contributed by atoms with Gasteiger partial charge in [0.25, 0.3) is 0 Å². The fourth-order valence-corrected chi connectivity index (χ4v) is 3.37. The van der Waals surface area contributed by atoms with E-state index in [-0.39, 0.29) is 37.5 Å². The van der Waals surface area contributed by atoms with Crippen LogP contribution in [0.4, 0.5) is 13.2 Å². The molecule has 160 valence electrons. The van der Waals surface area contributed by atoms with Crippen molar-refractivity contribution >= 4 is 18.3 Å². The molecule has 1 amide bonds. The average Bonchev–Trinajstić information content (AvgIpc) is 2.60. The van der Waals surface area contributed by atoms with Crippen molar-refractivity contribution in [2.45, 2.75) is 26.1 Å². The number of para-hydroxylation sites is 1. The van der Waals surface area contributed by atoms with E-state index in [4.69, 9.17) is 4.74 Å². The van der Waals surface area contributed by atoms with Gasteiger partial charge in [-0.1, -0.05) is 32.0 Å². The lowest BCUT2D eigenvalue weighted by molar-refractivity contribution is -0.163. The fraction of sp³-hybridized carbons (Fsp3) is 0.632. The quantitative estimate of drug-likeness (QED) is 0.732. The molecule has 1 aromatic carbocycles. The standard InChI is InChI=1S/C19H28F3N3O2.ClH/c1-14(2)11-25(13-19(20,21)22)18(26)12-24-9-8-23-10-16(24)15-6-4-5-7-17(15)27-3;/h4-7,14,16,23H,8-13H2,1-3H3;1H. The number of rotatable bonds is 7. The van der Waals surface area contributed by atoms with E-state index in [1.807, 2.05) is 29.2 Å². The molecule has 0 aliphatic carbocycles. The van der Waals surface area contributed by atoms with Gasteiger partial charge < -0.3 is 15.0 Å². The Balaban J connectivity index is 0.00000392. The number of halogens is 4. The van der Waals surface area contributed by atoms with Crippen LogP contribution in [0.2, 0.25) is 0 Å². The molecular weight excluding hydrogens is 395 g/mol. The van der Waals surface area contributed by atoms with Gasteiger partial charge in [-0.2, -0.15) is 13.2 Å². The summed E-state index contributed by atoms with van der Waals surface area (Å²) in [5.74, 6) is 0.171. The maximum absolute atomic E-state index is 12.9. The monoisotopic (exact) mass is 423 g/mol. The Morgan fingerprint density at radius 2 is 2.04 bits per heavy atom. The third-order valence-electron chi connectivity index (χ3n) is 4.50. The van der Waals surface area contributed by atoms with E-state index in [0.29, 0.717) is 25.4 Å². The SMILES string of the molecule is COc1ccccc1C1CNCCN1CC(=O)N(CC(C)C)CC(F)(F)F.Cl. The van der Waals surface area contributed by atoms with Crippen molar-refractivity contribution in [2.75, 3.05) is 46.4 Å². The van der Waals surface area contributed by atoms with Crippen LogP contribution in [0.3, 0.4) is 0 Å². The van der Waals surface area contributed by atoms with Crippen LogP contribution in [0.1, 0.15) is 25.5 Å². The third kappa shape index (κ3) is 7.14. The molecule has 1 aliphatic heterocycles. The van der Waals surface area contributed by atoms with Crippen LogP contribution in [-0.2, 0) is 4.79 Å².